The van der Waals surface area contributed by atoms with Crippen LogP contribution in [-0.2, 0) is 6.42 Å². The van der Waals surface area contributed by atoms with Crippen molar-refractivity contribution in [1.29, 1.82) is 0 Å². The summed E-state index contributed by atoms with van der Waals surface area (Å²) in [6, 6.07) is 7.97. The monoisotopic (exact) mass is 302 g/mol. The first-order chi connectivity index (χ1) is 10.3. The van der Waals surface area contributed by atoms with Crippen LogP contribution in [0.15, 0.2) is 24.3 Å². The van der Waals surface area contributed by atoms with E-state index in [1.54, 1.807) is 0 Å². The fraction of sp³-hybridized carbons (Fsp3) is 0.400. The van der Waals surface area contributed by atoms with Crippen molar-refractivity contribution in [3.05, 3.63) is 41.2 Å². The number of aromatic nitrogens is 3. The van der Waals surface area contributed by atoms with E-state index in [1.165, 1.54) is 5.56 Å². The molecule has 0 unspecified atom stereocenters. The Morgan fingerprint density at radius 1 is 1.33 bits per heavy atom. The zero-order chi connectivity index (χ0) is 14.7. The summed E-state index contributed by atoms with van der Waals surface area (Å²) in [5.74, 6) is 1.32. The zero-order valence-corrected chi connectivity index (χ0v) is 12.7. The molecular formula is C15H18N4OS. The molecule has 1 aromatic heterocycles. The van der Waals surface area contributed by atoms with Crippen molar-refractivity contribution in [2.24, 2.45) is 0 Å². The highest BCUT2D eigenvalue weighted by Crippen LogP contribution is 2.40. The van der Waals surface area contributed by atoms with Gasteiger partial charge >= 0.3 is 0 Å². The van der Waals surface area contributed by atoms with Crippen LogP contribution in [0.25, 0.3) is 0 Å². The van der Waals surface area contributed by atoms with Gasteiger partial charge in [0.25, 0.3) is 5.91 Å². The minimum atomic E-state index is -0.192. The van der Waals surface area contributed by atoms with Crippen LogP contribution >= 0.6 is 11.8 Å². The largest absolute Gasteiger partial charge is 0.321 e. The number of carbonyl (C=O) groups excluding carboxylic acids is 1. The second-order valence-corrected chi connectivity index (χ2v) is 6.21. The topological polar surface area (TPSA) is 70.7 Å². The number of amides is 1. The van der Waals surface area contributed by atoms with Gasteiger partial charge in [-0.15, -0.1) is 0 Å². The van der Waals surface area contributed by atoms with Crippen LogP contribution in [0, 0.1) is 0 Å². The highest BCUT2D eigenvalue weighted by molar-refractivity contribution is 7.98. The molecule has 5 nitrogen and oxygen atoms in total. The van der Waals surface area contributed by atoms with Gasteiger partial charge in [0.05, 0.1) is 5.69 Å². The number of thioether (sulfide) groups is 1. The van der Waals surface area contributed by atoms with E-state index in [2.05, 4.69) is 39.1 Å². The number of nitrogens with zero attached hydrogens (tertiary/aromatic N) is 2. The number of anilines is 1. The summed E-state index contributed by atoms with van der Waals surface area (Å²) >= 11 is 1.83. The van der Waals surface area contributed by atoms with Gasteiger partial charge in [0, 0.05) is 11.6 Å². The number of hydrogen-bond donors (Lipinski definition) is 2. The standard InChI is InChI=1S/C15H18N4OS/c1-21-9-8-10-2-6-12(7-3-10)16-15(20)14-13(11-4-5-11)17-19-18-14/h2-3,6-7,11H,4-5,8-9H2,1H3,(H,16,20)(H,17,18,19). The predicted molar refractivity (Wildman–Crippen MR) is 84.8 cm³/mol. The molecule has 0 spiro atoms. The van der Waals surface area contributed by atoms with E-state index in [1.807, 2.05) is 23.9 Å². The lowest BCUT2D eigenvalue weighted by molar-refractivity contribution is 0.102. The third-order valence-corrected chi connectivity index (χ3v) is 4.17. The number of aryl methyl sites for hydroxylation is 1. The van der Waals surface area contributed by atoms with Crippen LogP contribution in [0.2, 0.25) is 0 Å². The van der Waals surface area contributed by atoms with E-state index < -0.39 is 0 Å². The van der Waals surface area contributed by atoms with Crippen molar-refractivity contribution in [2.45, 2.75) is 25.2 Å². The maximum atomic E-state index is 12.2. The van der Waals surface area contributed by atoms with Crippen LogP contribution < -0.4 is 5.32 Å². The van der Waals surface area contributed by atoms with Crippen molar-refractivity contribution in [2.75, 3.05) is 17.3 Å². The molecular weight excluding hydrogens is 284 g/mol. The molecule has 110 valence electrons. The van der Waals surface area contributed by atoms with Crippen LogP contribution in [0.1, 0.15) is 40.5 Å². The Morgan fingerprint density at radius 3 is 2.76 bits per heavy atom. The van der Waals surface area contributed by atoms with Crippen molar-refractivity contribution < 1.29 is 4.79 Å². The normalized spacial score (nSPS) is 14.1. The highest BCUT2D eigenvalue weighted by atomic mass is 32.2. The van der Waals surface area contributed by atoms with Crippen molar-refractivity contribution >= 4 is 23.4 Å². The molecule has 0 radical (unpaired) electrons. The third kappa shape index (κ3) is 3.44. The maximum Gasteiger partial charge on any atom is 0.278 e. The maximum absolute atomic E-state index is 12.2. The van der Waals surface area contributed by atoms with Gasteiger partial charge in [0.2, 0.25) is 0 Å². The number of H-pyrrole nitrogens is 1. The van der Waals surface area contributed by atoms with Crippen LogP contribution in [0.3, 0.4) is 0 Å². The van der Waals surface area contributed by atoms with Crippen molar-refractivity contribution in [1.82, 2.24) is 15.4 Å². The zero-order valence-electron chi connectivity index (χ0n) is 11.9. The van der Waals surface area contributed by atoms with Gasteiger partial charge in [-0.05, 0) is 49.0 Å². The van der Waals surface area contributed by atoms with Crippen molar-refractivity contribution in [3.63, 3.8) is 0 Å². The number of benzene rings is 1. The van der Waals surface area contributed by atoms with Crippen LogP contribution in [-0.4, -0.2) is 33.3 Å². The average Bonchev–Trinajstić information content (AvgIpc) is 3.23. The second kappa shape index (κ2) is 6.30. The summed E-state index contributed by atoms with van der Waals surface area (Å²) in [6.07, 6.45) is 5.34. The fourth-order valence-electron chi connectivity index (χ4n) is 2.21. The average molecular weight is 302 g/mol. The Labute approximate surface area is 127 Å². The van der Waals surface area contributed by atoms with Crippen molar-refractivity contribution in [3.8, 4) is 0 Å². The highest BCUT2D eigenvalue weighted by Gasteiger charge is 2.31. The van der Waals surface area contributed by atoms with E-state index in [-0.39, 0.29) is 5.91 Å². The quantitative estimate of drug-likeness (QED) is 0.861. The summed E-state index contributed by atoms with van der Waals surface area (Å²) in [5.41, 5.74) is 3.29. The lowest BCUT2D eigenvalue weighted by Crippen LogP contribution is -2.14. The summed E-state index contributed by atoms with van der Waals surface area (Å²) in [4.78, 5) is 12.2. The first-order valence-corrected chi connectivity index (χ1v) is 8.47. The lowest BCUT2D eigenvalue weighted by Gasteiger charge is -2.05. The van der Waals surface area contributed by atoms with Gasteiger partial charge < -0.3 is 5.32 Å². The molecule has 21 heavy (non-hydrogen) atoms. The van der Waals surface area contributed by atoms with Gasteiger partial charge in [-0.2, -0.15) is 27.2 Å². The number of nitrogens with one attached hydrogen (secondary N) is 2. The molecule has 0 atom stereocenters. The van der Waals surface area contributed by atoms with E-state index >= 15 is 0 Å². The third-order valence-electron chi connectivity index (χ3n) is 3.56. The minimum absolute atomic E-state index is 0.192. The first kappa shape index (κ1) is 14.1. The van der Waals surface area contributed by atoms with Gasteiger partial charge in [-0.25, -0.2) is 0 Å². The van der Waals surface area contributed by atoms with Gasteiger partial charge in [-0.3, -0.25) is 4.79 Å². The Balaban J connectivity index is 1.65. The Bertz CT molecular complexity index is 619. The molecule has 1 saturated carbocycles. The number of aromatic amines is 1. The minimum Gasteiger partial charge on any atom is -0.321 e. The number of hydrogen-bond acceptors (Lipinski definition) is 4. The van der Waals surface area contributed by atoms with Gasteiger partial charge in [0.15, 0.2) is 5.69 Å². The summed E-state index contributed by atoms with van der Waals surface area (Å²) in [7, 11) is 0. The Morgan fingerprint density at radius 2 is 2.10 bits per heavy atom. The molecule has 1 amide bonds. The molecule has 1 aliphatic rings. The molecule has 1 heterocycles. The summed E-state index contributed by atoms with van der Waals surface area (Å²) < 4.78 is 0. The Hall–Kier alpha value is -1.82. The lowest BCUT2D eigenvalue weighted by atomic mass is 10.1. The van der Waals surface area contributed by atoms with E-state index in [9.17, 15) is 4.79 Å². The fourth-order valence-corrected chi connectivity index (χ4v) is 2.65. The summed E-state index contributed by atoms with van der Waals surface area (Å²) in [5, 5.41) is 13.5. The molecule has 0 aliphatic heterocycles. The first-order valence-electron chi connectivity index (χ1n) is 7.08. The molecule has 2 aromatic rings. The molecule has 1 fully saturated rings. The molecule has 2 N–H and O–H groups in total. The second-order valence-electron chi connectivity index (χ2n) is 5.23. The van der Waals surface area contributed by atoms with Gasteiger partial charge in [-0.1, -0.05) is 12.1 Å². The van der Waals surface area contributed by atoms with E-state index in [0.29, 0.717) is 11.6 Å². The predicted octanol–water partition coefficient (Wildman–Crippen LogP) is 2.84. The molecule has 6 heteroatoms. The van der Waals surface area contributed by atoms with E-state index in [0.717, 1.165) is 36.4 Å². The SMILES string of the molecule is CSCCc1ccc(NC(=O)c2n[nH]nc2C2CC2)cc1. The molecule has 0 bridgehead atoms. The van der Waals surface area contributed by atoms with Crippen LogP contribution in [0.4, 0.5) is 5.69 Å². The van der Waals surface area contributed by atoms with Gasteiger partial charge in [0.1, 0.15) is 0 Å². The number of rotatable bonds is 6. The molecule has 3 rings (SSSR count). The van der Waals surface area contributed by atoms with E-state index in [4.69, 9.17) is 0 Å². The summed E-state index contributed by atoms with van der Waals surface area (Å²) in [6.45, 7) is 0. The number of carbonyl (C=O) groups is 1. The molecule has 1 aromatic carbocycles. The van der Waals surface area contributed by atoms with Crippen LogP contribution in [0.5, 0.6) is 0 Å². The molecule has 0 saturated heterocycles. The molecule has 1 aliphatic carbocycles. The Kier molecular flexibility index (Phi) is 4.24. The smallest absolute Gasteiger partial charge is 0.278 e.